The van der Waals surface area contributed by atoms with Crippen LogP contribution in [-0.2, 0) is 0 Å². The van der Waals surface area contributed by atoms with Gasteiger partial charge in [0.2, 0.25) is 5.88 Å². The number of rotatable bonds is 4. The highest BCUT2D eigenvalue weighted by Gasteiger charge is 2.09. The Morgan fingerprint density at radius 1 is 1.30 bits per heavy atom. The second kappa shape index (κ2) is 5.83. The van der Waals surface area contributed by atoms with Gasteiger partial charge in [0, 0.05) is 6.07 Å². The minimum atomic E-state index is -0.311. The standard InChI is InChI=1S/C12H15N5O2S/c1-6(2)19-11-7(13)3-4-10(17-11)20-12-15-8(14)5-9(18)16-12/h3-6H,13H2,1-2H3,(H3,14,15,16,18). The Labute approximate surface area is 119 Å². The molecular formula is C12H15N5O2S. The lowest BCUT2D eigenvalue weighted by Gasteiger charge is -2.11. The molecule has 8 heteroatoms. The van der Waals surface area contributed by atoms with Crippen molar-refractivity contribution in [3.63, 3.8) is 0 Å². The number of hydrogen-bond acceptors (Lipinski definition) is 7. The second-order valence-electron chi connectivity index (χ2n) is 4.29. The molecule has 5 N–H and O–H groups in total. The van der Waals surface area contributed by atoms with Crippen LogP contribution in [0, 0.1) is 0 Å². The fourth-order valence-corrected chi connectivity index (χ4v) is 2.17. The van der Waals surface area contributed by atoms with Gasteiger partial charge in [-0.05, 0) is 37.7 Å². The van der Waals surface area contributed by atoms with Gasteiger partial charge in [0.15, 0.2) is 5.16 Å². The molecule has 20 heavy (non-hydrogen) atoms. The van der Waals surface area contributed by atoms with Crippen molar-refractivity contribution in [3.05, 3.63) is 28.6 Å². The zero-order valence-corrected chi connectivity index (χ0v) is 11.9. The average molecular weight is 293 g/mol. The summed E-state index contributed by atoms with van der Waals surface area (Å²) in [5.74, 6) is 0.515. The highest BCUT2D eigenvalue weighted by Crippen LogP contribution is 2.28. The molecular weight excluding hydrogens is 278 g/mol. The molecule has 0 unspecified atom stereocenters. The van der Waals surface area contributed by atoms with Crippen molar-refractivity contribution in [1.29, 1.82) is 0 Å². The van der Waals surface area contributed by atoms with Crippen molar-refractivity contribution < 1.29 is 4.74 Å². The number of pyridine rings is 1. The summed E-state index contributed by atoms with van der Waals surface area (Å²) in [5.41, 5.74) is 11.5. The Balaban J connectivity index is 2.27. The highest BCUT2D eigenvalue weighted by atomic mass is 32.2. The molecule has 2 aromatic rings. The van der Waals surface area contributed by atoms with E-state index in [2.05, 4.69) is 15.0 Å². The van der Waals surface area contributed by atoms with Crippen molar-refractivity contribution in [1.82, 2.24) is 15.0 Å². The monoisotopic (exact) mass is 293 g/mol. The lowest BCUT2D eigenvalue weighted by molar-refractivity contribution is 0.232. The van der Waals surface area contributed by atoms with Gasteiger partial charge in [-0.3, -0.25) is 4.79 Å². The number of nitrogens with one attached hydrogen (secondary N) is 1. The number of nitrogen functional groups attached to an aromatic ring is 2. The number of nitrogens with zero attached hydrogens (tertiary/aromatic N) is 2. The van der Waals surface area contributed by atoms with Gasteiger partial charge in [0.1, 0.15) is 10.8 Å². The summed E-state index contributed by atoms with van der Waals surface area (Å²) in [6.45, 7) is 3.77. The molecule has 0 aliphatic heterocycles. The normalized spacial score (nSPS) is 10.8. The first-order valence-electron chi connectivity index (χ1n) is 5.92. The van der Waals surface area contributed by atoms with E-state index in [-0.39, 0.29) is 17.5 Å². The van der Waals surface area contributed by atoms with Gasteiger partial charge in [0.25, 0.3) is 5.56 Å². The van der Waals surface area contributed by atoms with Crippen molar-refractivity contribution in [2.24, 2.45) is 0 Å². The van der Waals surface area contributed by atoms with Gasteiger partial charge in [-0.1, -0.05) is 0 Å². The number of anilines is 2. The van der Waals surface area contributed by atoms with E-state index in [1.54, 1.807) is 12.1 Å². The molecule has 0 spiro atoms. The number of aromatic amines is 1. The molecule has 0 bridgehead atoms. The lowest BCUT2D eigenvalue weighted by atomic mass is 10.4. The van der Waals surface area contributed by atoms with Crippen molar-refractivity contribution in [3.8, 4) is 5.88 Å². The Morgan fingerprint density at radius 2 is 2.05 bits per heavy atom. The molecule has 0 aliphatic rings. The van der Waals surface area contributed by atoms with E-state index in [1.165, 1.54) is 17.8 Å². The number of H-pyrrole nitrogens is 1. The minimum absolute atomic E-state index is 0.0321. The maximum Gasteiger partial charge on any atom is 0.253 e. The molecule has 2 rings (SSSR count). The van der Waals surface area contributed by atoms with Crippen LogP contribution in [0.5, 0.6) is 5.88 Å². The van der Waals surface area contributed by atoms with Gasteiger partial charge < -0.3 is 21.2 Å². The third-order valence-corrected chi connectivity index (χ3v) is 2.98. The summed E-state index contributed by atoms with van der Waals surface area (Å²) >= 11 is 1.17. The van der Waals surface area contributed by atoms with E-state index in [9.17, 15) is 4.79 Å². The summed E-state index contributed by atoms with van der Waals surface area (Å²) in [7, 11) is 0. The third kappa shape index (κ3) is 3.64. The molecule has 2 aromatic heterocycles. The lowest BCUT2D eigenvalue weighted by Crippen LogP contribution is -2.10. The van der Waals surface area contributed by atoms with Crippen LogP contribution in [-0.4, -0.2) is 21.1 Å². The molecule has 106 valence electrons. The second-order valence-corrected chi connectivity index (χ2v) is 5.30. The van der Waals surface area contributed by atoms with Crippen LogP contribution in [0.15, 0.2) is 33.2 Å². The van der Waals surface area contributed by atoms with E-state index in [0.29, 0.717) is 21.7 Å². The zero-order chi connectivity index (χ0) is 14.7. The fraction of sp³-hybridized carbons (Fsp3) is 0.250. The van der Waals surface area contributed by atoms with Crippen molar-refractivity contribution >= 4 is 23.3 Å². The van der Waals surface area contributed by atoms with Crippen molar-refractivity contribution in [2.75, 3.05) is 11.5 Å². The van der Waals surface area contributed by atoms with Gasteiger partial charge in [-0.25, -0.2) is 9.97 Å². The van der Waals surface area contributed by atoms with Crippen LogP contribution in [0.4, 0.5) is 11.5 Å². The molecule has 0 fully saturated rings. The maximum atomic E-state index is 11.3. The van der Waals surface area contributed by atoms with Crippen LogP contribution in [0.1, 0.15) is 13.8 Å². The molecule has 0 amide bonds. The van der Waals surface area contributed by atoms with Gasteiger partial charge in [0.05, 0.1) is 11.8 Å². The molecule has 0 saturated heterocycles. The van der Waals surface area contributed by atoms with Crippen molar-refractivity contribution in [2.45, 2.75) is 30.1 Å². The van der Waals surface area contributed by atoms with Crippen LogP contribution in [0.2, 0.25) is 0 Å². The Bertz CT molecular complexity index is 671. The molecule has 0 saturated carbocycles. The minimum Gasteiger partial charge on any atom is -0.473 e. The van der Waals surface area contributed by atoms with Gasteiger partial charge in [-0.2, -0.15) is 0 Å². The van der Waals surface area contributed by atoms with Crippen LogP contribution >= 0.6 is 11.8 Å². The SMILES string of the molecule is CC(C)Oc1nc(Sc2nc(N)cc(=O)[nH]2)ccc1N. The van der Waals surface area contributed by atoms with E-state index in [0.717, 1.165) is 0 Å². The number of aromatic nitrogens is 3. The Morgan fingerprint density at radius 3 is 2.70 bits per heavy atom. The predicted octanol–water partition coefficient (Wildman–Crippen LogP) is 1.27. The van der Waals surface area contributed by atoms with Crippen LogP contribution in [0.3, 0.4) is 0 Å². The molecule has 0 atom stereocenters. The fourth-order valence-electron chi connectivity index (χ4n) is 1.41. The predicted molar refractivity (Wildman–Crippen MR) is 77.8 cm³/mol. The largest absolute Gasteiger partial charge is 0.473 e. The zero-order valence-electron chi connectivity index (χ0n) is 11.1. The summed E-state index contributed by atoms with van der Waals surface area (Å²) in [6, 6.07) is 4.63. The first kappa shape index (κ1) is 14.2. The smallest absolute Gasteiger partial charge is 0.253 e. The summed E-state index contributed by atoms with van der Waals surface area (Å²) in [6.07, 6.45) is -0.0321. The van der Waals surface area contributed by atoms with E-state index < -0.39 is 0 Å². The van der Waals surface area contributed by atoms with E-state index >= 15 is 0 Å². The number of ether oxygens (including phenoxy) is 1. The molecule has 0 aromatic carbocycles. The van der Waals surface area contributed by atoms with Gasteiger partial charge in [-0.15, -0.1) is 0 Å². The topological polar surface area (TPSA) is 120 Å². The Hall–Kier alpha value is -2.22. The average Bonchev–Trinajstić information content (AvgIpc) is 2.31. The Kier molecular flexibility index (Phi) is 4.14. The third-order valence-electron chi connectivity index (χ3n) is 2.15. The first-order valence-corrected chi connectivity index (χ1v) is 6.73. The number of nitrogens with two attached hydrogens (primary N) is 2. The summed E-state index contributed by atoms with van der Waals surface area (Å²) in [5, 5.41) is 0.964. The molecule has 2 heterocycles. The maximum absolute atomic E-state index is 11.3. The summed E-state index contributed by atoms with van der Waals surface area (Å²) in [4.78, 5) is 22.2. The molecule has 7 nitrogen and oxygen atoms in total. The molecule has 0 aliphatic carbocycles. The van der Waals surface area contributed by atoms with E-state index in [1.807, 2.05) is 13.8 Å². The number of hydrogen-bond donors (Lipinski definition) is 3. The first-order chi connectivity index (χ1) is 9.44. The van der Waals surface area contributed by atoms with Crippen LogP contribution < -0.4 is 21.8 Å². The van der Waals surface area contributed by atoms with Crippen LogP contribution in [0.25, 0.3) is 0 Å². The summed E-state index contributed by atoms with van der Waals surface area (Å²) < 4.78 is 5.50. The van der Waals surface area contributed by atoms with E-state index in [4.69, 9.17) is 16.2 Å². The highest BCUT2D eigenvalue weighted by molar-refractivity contribution is 7.99. The quantitative estimate of drug-likeness (QED) is 0.726. The van der Waals surface area contributed by atoms with Gasteiger partial charge >= 0.3 is 0 Å². The molecule has 0 radical (unpaired) electrons.